The van der Waals surface area contributed by atoms with E-state index in [4.69, 9.17) is 0 Å². The van der Waals surface area contributed by atoms with E-state index in [1.807, 2.05) is 20.8 Å². The summed E-state index contributed by atoms with van der Waals surface area (Å²) in [7, 11) is 0. The van der Waals surface area contributed by atoms with E-state index in [0.29, 0.717) is 19.4 Å². The van der Waals surface area contributed by atoms with Gasteiger partial charge in [-0.05, 0) is 26.7 Å². The van der Waals surface area contributed by atoms with Crippen LogP contribution in [-0.2, 0) is 9.59 Å². The van der Waals surface area contributed by atoms with Crippen LogP contribution in [0, 0.1) is 0 Å². The van der Waals surface area contributed by atoms with Crippen molar-refractivity contribution in [2.45, 2.75) is 52.1 Å². The number of amides is 2. The summed E-state index contributed by atoms with van der Waals surface area (Å²) in [6, 6.07) is -0.339. The molecule has 0 bridgehead atoms. The Balaban J connectivity index is 3.04. The van der Waals surface area contributed by atoms with E-state index >= 15 is 0 Å². The fraction of sp³-hybridized carbons (Fsp3) is 0.818. The molecule has 1 aliphatic heterocycles. The number of nitrogens with zero attached hydrogens (tertiary/aromatic N) is 1. The molecule has 1 fully saturated rings. The first-order valence-corrected chi connectivity index (χ1v) is 5.65. The van der Waals surface area contributed by atoms with Crippen LogP contribution in [-0.4, -0.2) is 34.8 Å². The Morgan fingerprint density at radius 2 is 1.80 bits per heavy atom. The number of carbonyl (C=O) groups is 2. The molecule has 1 N–H and O–H groups in total. The summed E-state index contributed by atoms with van der Waals surface area (Å²) in [4.78, 5) is 25.6. The third-order valence-corrected chi connectivity index (χ3v) is 3.43. The minimum absolute atomic E-state index is 0.0415. The van der Waals surface area contributed by atoms with Crippen LogP contribution in [0.3, 0.4) is 0 Å². The maximum Gasteiger partial charge on any atom is 0.248 e. The van der Waals surface area contributed by atoms with E-state index < -0.39 is 5.54 Å². The summed E-state index contributed by atoms with van der Waals surface area (Å²) < 4.78 is 0. The van der Waals surface area contributed by atoms with Crippen molar-refractivity contribution < 1.29 is 9.59 Å². The fourth-order valence-electron chi connectivity index (χ4n) is 2.13. The predicted octanol–water partition coefficient (Wildman–Crippen LogP) is 0.912. The lowest BCUT2D eigenvalue weighted by Gasteiger charge is -2.44. The SMILES string of the molecule is CCN1C(=O)C(CC)(CC)NC(=O)C1C. The second kappa shape index (κ2) is 4.21. The first kappa shape index (κ1) is 12.0. The molecule has 0 aliphatic carbocycles. The predicted molar refractivity (Wildman–Crippen MR) is 58.3 cm³/mol. The number of hydrogen-bond acceptors (Lipinski definition) is 2. The highest BCUT2D eigenvalue weighted by molar-refractivity contribution is 5.99. The van der Waals surface area contributed by atoms with Gasteiger partial charge in [0.1, 0.15) is 11.6 Å². The lowest BCUT2D eigenvalue weighted by atomic mass is 9.87. The van der Waals surface area contributed by atoms with Crippen LogP contribution in [0.1, 0.15) is 40.5 Å². The highest BCUT2D eigenvalue weighted by Gasteiger charge is 2.46. The van der Waals surface area contributed by atoms with E-state index in [9.17, 15) is 9.59 Å². The number of rotatable bonds is 3. The molecule has 86 valence electrons. The Morgan fingerprint density at radius 1 is 1.27 bits per heavy atom. The van der Waals surface area contributed by atoms with Crippen LogP contribution in [0.5, 0.6) is 0 Å². The third kappa shape index (κ3) is 1.73. The van der Waals surface area contributed by atoms with Crippen molar-refractivity contribution >= 4 is 11.8 Å². The van der Waals surface area contributed by atoms with Crippen molar-refractivity contribution in [3.8, 4) is 0 Å². The highest BCUT2D eigenvalue weighted by atomic mass is 16.2. The number of carbonyl (C=O) groups excluding carboxylic acids is 2. The van der Waals surface area contributed by atoms with Gasteiger partial charge in [-0.3, -0.25) is 9.59 Å². The molecule has 15 heavy (non-hydrogen) atoms. The van der Waals surface area contributed by atoms with Crippen LogP contribution in [0.2, 0.25) is 0 Å². The molecule has 1 unspecified atom stereocenters. The summed E-state index contributed by atoms with van der Waals surface area (Å²) in [5.74, 6) is 0.0160. The Hall–Kier alpha value is -1.06. The van der Waals surface area contributed by atoms with Crippen molar-refractivity contribution in [1.82, 2.24) is 10.2 Å². The van der Waals surface area contributed by atoms with Crippen LogP contribution in [0.15, 0.2) is 0 Å². The fourth-order valence-corrected chi connectivity index (χ4v) is 2.13. The van der Waals surface area contributed by atoms with Gasteiger partial charge in [0, 0.05) is 6.54 Å². The molecule has 4 nitrogen and oxygen atoms in total. The van der Waals surface area contributed by atoms with Crippen LogP contribution < -0.4 is 5.32 Å². The Labute approximate surface area is 91.0 Å². The lowest BCUT2D eigenvalue weighted by molar-refractivity contribution is -0.154. The second-order valence-corrected chi connectivity index (χ2v) is 4.05. The Bertz CT molecular complexity index is 272. The summed E-state index contributed by atoms with van der Waals surface area (Å²) in [5, 5.41) is 2.86. The zero-order valence-electron chi connectivity index (χ0n) is 9.96. The van der Waals surface area contributed by atoms with Crippen LogP contribution in [0.25, 0.3) is 0 Å². The average molecular weight is 212 g/mol. The first-order chi connectivity index (χ1) is 7.02. The minimum atomic E-state index is -0.667. The van der Waals surface area contributed by atoms with E-state index in [1.54, 1.807) is 11.8 Å². The van der Waals surface area contributed by atoms with Gasteiger partial charge in [0.2, 0.25) is 11.8 Å². The van der Waals surface area contributed by atoms with Gasteiger partial charge >= 0.3 is 0 Å². The normalized spacial score (nSPS) is 25.3. The summed E-state index contributed by atoms with van der Waals surface area (Å²) in [6.45, 7) is 8.14. The zero-order valence-corrected chi connectivity index (χ0v) is 9.96. The van der Waals surface area contributed by atoms with E-state index in [0.717, 1.165) is 0 Å². The quantitative estimate of drug-likeness (QED) is 0.756. The molecule has 4 heteroatoms. The molecule has 0 aromatic rings. The topological polar surface area (TPSA) is 49.4 Å². The van der Waals surface area contributed by atoms with E-state index in [-0.39, 0.29) is 17.9 Å². The summed E-state index contributed by atoms with van der Waals surface area (Å²) in [6.07, 6.45) is 1.30. The maximum absolute atomic E-state index is 12.2. The molecule has 0 spiro atoms. The Kier molecular flexibility index (Phi) is 3.37. The molecule has 0 radical (unpaired) electrons. The number of likely N-dealkylation sites (N-methyl/N-ethyl adjacent to an activating group) is 1. The lowest BCUT2D eigenvalue weighted by Crippen LogP contribution is -2.69. The van der Waals surface area contributed by atoms with Gasteiger partial charge in [-0.2, -0.15) is 0 Å². The summed E-state index contributed by atoms with van der Waals surface area (Å²) in [5.41, 5.74) is -0.667. The smallest absolute Gasteiger partial charge is 0.248 e. The number of nitrogens with one attached hydrogen (secondary N) is 1. The molecule has 0 aromatic heterocycles. The monoisotopic (exact) mass is 212 g/mol. The van der Waals surface area contributed by atoms with Gasteiger partial charge in [0.15, 0.2) is 0 Å². The average Bonchev–Trinajstić information content (AvgIpc) is 2.25. The number of piperazine rings is 1. The van der Waals surface area contributed by atoms with Gasteiger partial charge in [0.05, 0.1) is 0 Å². The third-order valence-electron chi connectivity index (χ3n) is 3.43. The molecular formula is C11H20N2O2. The molecule has 1 atom stereocenters. The molecule has 2 amide bonds. The van der Waals surface area contributed by atoms with Crippen molar-refractivity contribution in [3.05, 3.63) is 0 Å². The Morgan fingerprint density at radius 3 is 2.20 bits per heavy atom. The number of hydrogen-bond donors (Lipinski definition) is 1. The molecule has 1 heterocycles. The van der Waals surface area contributed by atoms with Gasteiger partial charge in [-0.15, -0.1) is 0 Å². The largest absolute Gasteiger partial charge is 0.340 e. The van der Waals surface area contributed by atoms with E-state index in [2.05, 4.69) is 5.32 Å². The standard InChI is InChI=1S/C11H20N2O2/c1-5-11(6-2)10(15)13(7-3)8(4)9(14)12-11/h8H,5-7H2,1-4H3,(H,12,14). The minimum Gasteiger partial charge on any atom is -0.340 e. The van der Waals surface area contributed by atoms with Crippen molar-refractivity contribution in [2.24, 2.45) is 0 Å². The van der Waals surface area contributed by atoms with Gasteiger partial charge in [-0.25, -0.2) is 0 Å². The molecule has 0 aromatic carbocycles. The van der Waals surface area contributed by atoms with Crippen molar-refractivity contribution in [3.63, 3.8) is 0 Å². The first-order valence-electron chi connectivity index (χ1n) is 5.65. The molecule has 0 saturated carbocycles. The second-order valence-electron chi connectivity index (χ2n) is 4.05. The van der Waals surface area contributed by atoms with Gasteiger partial charge in [0.25, 0.3) is 0 Å². The molecule has 1 saturated heterocycles. The molecular weight excluding hydrogens is 192 g/mol. The highest BCUT2D eigenvalue weighted by Crippen LogP contribution is 2.24. The van der Waals surface area contributed by atoms with Crippen molar-refractivity contribution in [2.75, 3.05) is 6.54 Å². The maximum atomic E-state index is 12.2. The molecule has 1 aliphatic rings. The van der Waals surface area contributed by atoms with Crippen LogP contribution >= 0.6 is 0 Å². The van der Waals surface area contributed by atoms with E-state index in [1.165, 1.54) is 0 Å². The van der Waals surface area contributed by atoms with Gasteiger partial charge < -0.3 is 10.2 Å². The summed E-state index contributed by atoms with van der Waals surface area (Å²) >= 11 is 0. The van der Waals surface area contributed by atoms with Crippen molar-refractivity contribution in [1.29, 1.82) is 0 Å². The van der Waals surface area contributed by atoms with Gasteiger partial charge in [-0.1, -0.05) is 13.8 Å². The molecule has 1 rings (SSSR count). The zero-order chi connectivity index (χ0) is 11.6. The van der Waals surface area contributed by atoms with Crippen LogP contribution in [0.4, 0.5) is 0 Å².